The fraction of sp³-hybridized carbons (Fsp3) is 0.750. The lowest BCUT2D eigenvalue weighted by Crippen LogP contribution is -2.40. The van der Waals surface area contributed by atoms with E-state index in [1.54, 1.807) is 6.26 Å². The summed E-state index contributed by atoms with van der Waals surface area (Å²) in [7, 11) is 0. The quantitative estimate of drug-likeness (QED) is 0.857. The van der Waals surface area contributed by atoms with Gasteiger partial charge >= 0.3 is 0 Å². The Kier molecular flexibility index (Phi) is 5.46. The molecule has 0 radical (unpaired) electrons. The lowest BCUT2D eigenvalue weighted by atomic mass is 9.78. The molecule has 19 heavy (non-hydrogen) atoms. The van der Waals surface area contributed by atoms with Gasteiger partial charge in [-0.2, -0.15) is 0 Å². The van der Waals surface area contributed by atoms with Gasteiger partial charge in [0.2, 0.25) is 0 Å². The zero-order valence-corrected chi connectivity index (χ0v) is 12.3. The van der Waals surface area contributed by atoms with Gasteiger partial charge in [0, 0.05) is 12.6 Å². The Morgan fingerprint density at radius 1 is 1.32 bits per heavy atom. The van der Waals surface area contributed by atoms with Crippen LogP contribution < -0.4 is 5.73 Å². The van der Waals surface area contributed by atoms with Gasteiger partial charge in [-0.05, 0) is 56.2 Å². The monoisotopic (exact) mass is 264 g/mol. The van der Waals surface area contributed by atoms with E-state index in [1.165, 1.54) is 19.3 Å². The minimum absolute atomic E-state index is 0.697. The van der Waals surface area contributed by atoms with Crippen LogP contribution in [-0.4, -0.2) is 24.0 Å². The van der Waals surface area contributed by atoms with Gasteiger partial charge in [-0.25, -0.2) is 0 Å². The second-order valence-corrected chi connectivity index (χ2v) is 6.11. The summed E-state index contributed by atoms with van der Waals surface area (Å²) in [5, 5.41) is 0. The summed E-state index contributed by atoms with van der Waals surface area (Å²) < 4.78 is 5.51. The van der Waals surface area contributed by atoms with Crippen LogP contribution in [-0.2, 0) is 6.54 Å². The Bertz CT molecular complexity index is 350. The van der Waals surface area contributed by atoms with E-state index in [0.29, 0.717) is 6.04 Å². The van der Waals surface area contributed by atoms with Gasteiger partial charge in [-0.1, -0.05) is 13.8 Å². The highest BCUT2D eigenvalue weighted by Gasteiger charge is 2.28. The van der Waals surface area contributed by atoms with Crippen LogP contribution in [0.5, 0.6) is 0 Å². The molecule has 2 rings (SSSR count). The van der Waals surface area contributed by atoms with Crippen LogP contribution in [0.3, 0.4) is 0 Å². The molecule has 0 aromatic carbocycles. The highest BCUT2D eigenvalue weighted by Crippen LogP contribution is 2.32. The molecule has 3 atom stereocenters. The molecule has 1 aliphatic carbocycles. The van der Waals surface area contributed by atoms with Crippen LogP contribution in [0.25, 0.3) is 0 Å². The largest absolute Gasteiger partial charge is 0.468 e. The van der Waals surface area contributed by atoms with Gasteiger partial charge < -0.3 is 10.2 Å². The van der Waals surface area contributed by atoms with E-state index in [0.717, 1.165) is 43.7 Å². The second-order valence-electron chi connectivity index (χ2n) is 6.11. The first-order valence-corrected chi connectivity index (χ1v) is 7.67. The summed E-state index contributed by atoms with van der Waals surface area (Å²) in [5.41, 5.74) is 5.68. The fourth-order valence-electron chi connectivity index (χ4n) is 3.14. The second kappa shape index (κ2) is 7.11. The van der Waals surface area contributed by atoms with Crippen molar-refractivity contribution in [3.05, 3.63) is 24.2 Å². The van der Waals surface area contributed by atoms with Crippen molar-refractivity contribution in [1.29, 1.82) is 0 Å². The normalized spacial score (nSPS) is 27.9. The molecule has 1 aliphatic rings. The van der Waals surface area contributed by atoms with Crippen molar-refractivity contribution in [3.8, 4) is 0 Å². The molecule has 0 aliphatic heterocycles. The number of nitrogens with zero attached hydrogens (tertiary/aromatic N) is 1. The maximum Gasteiger partial charge on any atom is 0.117 e. The van der Waals surface area contributed by atoms with Crippen molar-refractivity contribution in [3.63, 3.8) is 0 Å². The van der Waals surface area contributed by atoms with Gasteiger partial charge in [-0.15, -0.1) is 0 Å². The number of hydrogen-bond acceptors (Lipinski definition) is 3. The molecule has 0 unspecified atom stereocenters. The Morgan fingerprint density at radius 3 is 2.79 bits per heavy atom. The van der Waals surface area contributed by atoms with Crippen molar-refractivity contribution in [2.24, 2.45) is 17.6 Å². The third-order valence-corrected chi connectivity index (χ3v) is 4.68. The predicted molar refractivity (Wildman–Crippen MR) is 78.8 cm³/mol. The molecule has 3 nitrogen and oxygen atoms in total. The van der Waals surface area contributed by atoms with E-state index in [-0.39, 0.29) is 0 Å². The Balaban J connectivity index is 1.96. The van der Waals surface area contributed by atoms with Crippen LogP contribution in [0.4, 0.5) is 0 Å². The third-order valence-electron chi connectivity index (χ3n) is 4.68. The molecule has 0 spiro atoms. The topological polar surface area (TPSA) is 42.4 Å². The molecule has 108 valence electrons. The average Bonchev–Trinajstić information content (AvgIpc) is 2.91. The summed E-state index contributed by atoms with van der Waals surface area (Å²) in [5.74, 6) is 2.77. The lowest BCUT2D eigenvalue weighted by molar-refractivity contribution is 0.0957. The number of furan rings is 1. The van der Waals surface area contributed by atoms with Gasteiger partial charge in [-0.3, -0.25) is 4.90 Å². The highest BCUT2D eigenvalue weighted by atomic mass is 16.3. The van der Waals surface area contributed by atoms with Crippen molar-refractivity contribution < 1.29 is 4.42 Å². The minimum Gasteiger partial charge on any atom is -0.468 e. The first-order chi connectivity index (χ1) is 9.20. The maximum atomic E-state index is 5.68. The van der Waals surface area contributed by atoms with Gasteiger partial charge in [0.25, 0.3) is 0 Å². The van der Waals surface area contributed by atoms with Gasteiger partial charge in [0.05, 0.1) is 12.8 Å². The zero-order chi connectivity index (χ0) is 13.7. The minimum atomic E-state index is 0.697. The summed E-state index contributed by atoms with van der Waals surface area (Å²) in [4.78, 5) is 2.58. The molecule has 3 heteroatoms. The number of hydrogen-bond donors (Lipinski definition) is 1. The average molecular weight is 264 g/mol. The zero-order valence-electron chi connectivity index (χ0n) is 12.3. The molecule has 2 N–H and O–H groups in total. The molecule has 1 aromatic heterocycles. The van der Waals surface area contributed by atoms with E-state index in [2.05, 4.69) is 24.8 Å². The summed E-state index contributed by atoms with van der Waals surface area (Å²) in [6, 6.07) is 4.75. The van der Waals surface area contributed by atoms with E-state index < -0.39 is 0 Å². The lowest BCUT2D eigenvalue weighted by Gasteiger charge is -2.39. The Labute approximate surface area is 117 Å². The van der Waals surface area contributed by atoms with Crippen LogP contribution >= 0.6 is 0 Å². The van der Waals surface area contributed by atoms with Crippen LogP contribution in [0.1, 0.15) is 45.3 Å². The molecular formula is C16H28N2O. The molecule has 1 fully saturated rings. The van der Waals surface area contributed by atoms with E-state index >= 15 is 0 Å². The third kappa shape index (κ3) is 4.08. The molecule has 1 aromatic rings. The first kappa shape index (κ1) is 14.6. The van der Waals surface area contributed by atoms with Crippen LogP contribution in [0.15, 0.2) is 22.8 Å². The summed E-state index contributed by atoms with van der Waals surface area (Å²) >= 11 is 0. The maximum absolute atomic E-state index is 5.68. The van der Waals surface area contributed by atoms with Crippen molar-refractivity contribution >= 4 is 0 Å². The standard InChI is InChI=1S/C16H28N2O/c1-13-6-7-15(11-14(13)2)18(9-4-8-17)12-16-5-3-10-19-16/h3,5,10,13-15H,4,6-9,11-12,17H2,1-2H3/t13-,14-,15-/m0/s1. The predicted octanol–water partition coefficient (Wildman–Crippen LogP) is 3.26. The molecule has 0 saturated heterocycles. The van der Waals surface area contributed by atoms with Crippen molar-refractivity contribution in [1.82, 2.24) is 4.90 Å². The van der Waals surface area contributed by atoms with E-state index in [9.17, 15) is 0 Å². The van der Waals surface area contributed by atoms with Gasteiger partial charge in [0.15, 0.2) is 0 Å². The van der Waals surface area contributed by atoms with Crippen molar-refractivity contribution in [2.75, 3.05) is 13.1 Å². The number of rotatable bonds is 6. The first-order valence-electron chi connectivity index (χ1n) is 7.67. The van der Waals surface area contributed by atoms with Crippen LogP contribution in [0, 0.1) is 11.8 Å². The Morgan fingerprint density at radius 2 is 2.16 bits per heavy atom. The molecular weight excluding hydrogens is 236 g/mol. The summed E-state index contributed by atoms with van der Waals surface area (Å²) in [6.45, 7) is 7.57. The highest BCUT2D eigenvalue weighted by molar-refractivity contribution is 4.98. The molecule has 0 amide bonds. The van der Waals surface area contributed by atoms with Gasteiger partial charge in [0.1, 0.15) is 5.76 Å². The summed E-state index contributed by atoms with van der Waals surface area (Å²) in [6.07, 6.45) is 6.81. The number of nitrogens with two attached hydrogens (primary N) is 1. The molecule has 1 heterocycles. The molecule has 1 saturated carbocycles. The van der Waals surface area contributed by atoms with E-state index in [1.807, 2.05) is 6.07 Å². The SMILES string of the molecule is C[C@H]1CC[C@H](N(CCCN)Cc2ccco2)C[C@@H]1C. The molecule has 0 bridgehead atoms. The van der Waals surface area contributed by atoms with E-state index in [4.69, 9.17) is 10.2 Å². The Hall–Kier alpha value is -0.800. The van der Waals surface area contributed by atoms with Crippen LogP contribution in [0.2, 0.25) is 0 Å². The van der Waals surface area contributed by atoms with Crippen molar-refractivity contribution in [2.45, 2.75) is 52.1 Å². The fourth-order valence-corrected chi connectivity index (χ4v) is 3.14. The smallest absolute Gasteiger partial charge is 0.117 e.